The summed E-state index contributed by atoms with van der Waals surface area (Å²) in [5.74, 6) is -1.53. The number of benzene rings is 2. The molecule has 2 aliphatic heterocycles. The van der Waals surface area contributed by atoms with Crippen molar-refractivity contribution in [2.75, 3.05) is 0 Å². The number of carbonyl (C=O) groups is 2. The minimum absolute atomic E-state index is 0.0462. The molecule has 2 saturated carbocycles. The molecule has 2 aromatic carbocycles. The van der Waals surface area contributed by atoms with Crippen molar-refractivity contribution in [3.8, 4) is 0 Å². The van der Waals surface area contributed by atoms with Crippen molar-refractivity contribution in [1.29, 1.82) is 0 Å². The molecule has 1 N–H and O–H groups in total. The van der Waals surface area contributed by atoms with E-state index in [2.05, 4.69) is 30.8 Å². The second-order valence-electron chi connectivity index (χ2n) is 10.7. The maximum atomic E-state index is 13.9. The third kappa shape index (κ3) is 3.09. The molecular formula is C29H30O6. The molecule has 4 aliphatic rings. The van der Waals surface area contributed by atoms with Crippen molar-refractivity contribution in [1.82, 2.24) is 0 Å². The molecule has 2 fully saturated rings. The van der Waals surface area contributed by atoms with Crippen molar-refractivity contribution in [2.45, 2.75) is 63.9 Å². The highest BCUT2D eigenvalue weighted by Crippen LogP contribution is 2.60. The van der Waals surface area contributed by atoms with Crippen molar-refractivity contribution in [3.05, 3.63) is 71.7 Å². The summed E-state index contributed by atoms with van der Waals surface area (Å²) in [7, 11) is 0. The van der Waals surface area contributed by atoms with Crippen LogP contribution in [0.3, 0.4) is 0 Å². The van der Waals surface area contributed by atoms with Crippen molar-refractivity contribution in [2.24, 2.45) is 17.3 Å². The summed E-state index contributed by atoms with van der Waals surface area (Å²) >= 11 is 0. The summed E-state index contributed by atoms with van der Waals surface area (Å²) in [5, 5.41) is 14.5. The Kier molecular flexibility index (Phi) is 5.00. The van der Waals surface area contributed by atoms with Crippen LogP contribution in [0.5, 0.6) is 0 Å². The van der Waals surface area contributed by atoms with E-state index < -0.39 is 29.2 Å². The number of carbonyl (C=O) groups excluding carboxylic acids is 2. The minimum Gasteiger partial charge on any atom is -0.482 e. The van der Waals surface area contributed by atoms with Gasteiger partial charge in [0, 0.05) is 17.3 Å². The molecular weight excluding hydrogens is 444 g/mol. The van der Waals surface area contributed by atoms with Crippen LogP contribution in [-0.2, 0) is 30.4 Å². The maximum absolute atomic E-state index is 13.9. The molecule has 0 radical (unpaired) electrons. The number of ketones is 1. The SMILES string of the molecule is C=C1OC(=O)C2=C1O[C@@H]1[C@@H](OCc3ccc4ccccc4c3)[C@]3(O)CCCC[C@H]3[C@](C)(C2=O)[C@@H]1C. The van der Waals surface area contributed by atoms with E-state index in [4.69, 9.17) is 14.2 Å². The van der Waals surface area contributed by atoms with Gasteiger partial charge in [0.15, 0.2) is 17.3 Å². The van der Waals surface area contributed by atoms with Crippen molar-refractivity contribution >= 4 is 22.5 Å². The van der Waals surface area contributed by atoms with Crippen LogP contribution in [0.2, 0.25) is 0 Å². The Morgan fingerprint density at radius 1 is 1.14 bits per heavy atom. The first-order valence-electron chi connectivity index (χ1n) is 12.4. The lowest BCUT2D eigenvalue weighted by Crippen LogP contribution is -2.70. The number of esters is 1. The average Bonchev–Trinajstić information content (AvgIpc) is 3.10. The molecule has 0 saturated heterocycles. The molecule has 0 aromatic heterocycles. The van der Waals surface area contributed by atoms with Crippen LogP contribution in [0.15, 0.2) is 66.1 Å². The van der Waals surface area contributed by atoms with Crippen LogP contribution in [0.25, 0.3) is 10.8 Å². The highest BCUT2D eigenvalue weighted by molar-refractivity contribution is 6.22. The average molecular weight is 475 g/mol. The van der Waals surface area contributed by atoms with Gasteiger partial charge in [0.25, 0.3) is 0 Å². The molecule has 2 aliphatic carbocycles. The summed E-state index contributed by atoms with van der Waals surface area (Å²) in [6.45, 7) is 7.94. The van der Waals surface area contributed by atoms with Crippen LogP contribution in [0.1, 0.15) is 45.1 Å². The Morgan fingerprint density at radius 2 is 1.91 bits per heavy atom. The number of hydrogen-bond donors (Lipinski definition) is 1. The fraction of sp³-hybridized carbons (Fsp3) is 0.448. The van der Waals surface area contributed by atoms with Gasteiger partial charge in [-0.2, -0.15) is 0 Å². The zero-order valence-electron chi connectivity index (χ0n) is 20.1. The number of Topliss-reactive ketones (excluding diaryl/α,β-unsaturated/α-hetero) is 1. The van der Waals surface area contributed by atoms with Crippen LogP contribution in [-0.4, -0.2) is 34.7 Å². The van der Waals surface area contributed by atoms with Gasteiger partial charge in [0.1, 0.15) is 17.8 Å². The molecule has 6 heteroatoms. The van der Waals surface area contributed by atoms with Crippen LogP contribution in [0.4, 0.5) is 0 Å². The minimum atomic E-state index is -1.25. The van der Waals surface area contributed by atoms with Crippen LogP contribution < -0.4 is 0 Å². The predicted octanol–water partition coefficient (Wildman–Crippen LogP) is 4.59. The first kappa shape index (κ1) is 22.5. The summed E-state index contributed by atoms with van der Waals surface area (Å²) in [6.07, 6.45) is 1.65. The third-order valence-electron chi connectivity index (χ3n) is 8.99. The van der Waals surface area contributed by atoms with Crippen LogP contribution >= 0.6 is 0 Å². The Bertz CT molecular complexity index is 1290. The second kappa shape index (κ2) is 7.77. The quantitative estimate of drug-likeness (QED) is 0.517. The van der Waals surface area contributed by atoms with E-state index in [0.29, 0.717) is 19.4 Å². The zero-order valence-corrected chi connectivity index (χ0v) is 20.1. The van der Waals surface area contributed by atoms with Gasteiger partial charge in [0.2, 0.25) is 0 Å². The fourth-order valence-corrected chi connectivity index (χ4v) is 7.00. The third-order valence-corrected chi connectivity index (χ3v) is 8.99. The van der Waals surface area contributed by atoms with Gasteiger partial charge < -0.3 is 19.3 Å². The molecule has 0 spiro atoms. The zero-order chi connectivity index (χ0) is 24.5. The number of fused-ring (bicyclic) bond motifs is 5. The van der Waals surface area contributed by atoms with Gasteiger partial charge in [-0.05, 0) is 35.2 Å². The fourth-order valence-electron chi connectivity index (χ4n) is 7.00. The number of hydrogen-bond acceptors (Lipinski definition) is 6. The lowest BCUT2D eigenvalue weighted by atomic mass is 9.48. The molecule has 6 atom stereocenters. The van der Waals surface area contributed by atoms with E-state index in [1.54, 1.807) is 0 Å². The number of cyclic esters (lactones) is 1. The lowest BCUT2D eigenvalue weighted by Gasteiger charge is -2.60. The molecule has 2 heterocycles. The van der Waals surface area contributed by atoms with Crippen molar-refractivity contribution in [3.63, 3.8) is 0 Å². The van der Waals surface area contributed by atoms with E-state index in [1.807, 2.05) is 32.0 Å². The van der Waals surface area contributed by atoms with Crippen LogP contribution in [0, 0.1) is 17.3 Å². The number of aliphatic hydroxyl groups is 1. The molecule has 182 valence electrons. The van der Waals surface area contributed by atoms with Crippen molar-refractivity contribution < 1.29 is 28.9 Å². The van der Waals surface area contributed by atoms with Gasteiger partial charge in [-0.3, -0.25) is 4.79 Å². The normalized spacial score (nSPS) is 36.4. The number of ether oxygens (including phenoxy) is 3. The van der Waals surface area contributed by atoms with E-state index in [-0.39, 0.29) is 34.7 Å². The molecule has 6 nitrogen and oxygen atoms in total. The Hall–Kier alpha value is -2.96. The summed E-state index contributed by atoms with van der Waals surface area (Å²) in [4.78, 5) is 26.5. The monoisotopic (exact) mass is 474 g/mol. The second-order valence-corrected chi connectivity index (χ2v) is 10.7. The topological polar surface area (TPSA) is 82.1 Å². The van der Waals surface area contributed by atoms with Gasteiger partial charge >= 0.3 is 5.97 Å². The molecule has 0 unspecified atom stereocenters. The predicted molar refractivity (Wildman–Crippen MR) is 129 cm³/mol. The first-order valence-corrected chi connectivity index (χ1v) is 12.4. The highest BCUT2D eigenvalue weighted by atomic mass is 16.6. The summed E-state index contributed by atoms with van der Waals surface area (Å²) < 4.78 is 18.1. The van der Waals surface area contributed by atoms with E-state index >= 15 is 0 Å². The van der Waals surface area contributed by atoms with E-state index in [9.17, 15) is 14.7 Å². The summed E-state index contributed by atoms with van der Waals surface area (Å²) in [6, 6.07) is 14.3. The molecule has 2 aromatic rings. The summed E-state index contributed by atoms with van der Waals surface area (Å²) in [5.41, 5.74) is -1.31. The molecule has 35 heavy (non-hydrogen) atoms. The van der Waals surface area contributed by atoms with Gasteiger partial charge in [-0.25, -0.2) is 4.79 Å². The maximum Gasteiger partial charge on any atom is 0.351 e. The largest absolute Gasteiger partial charge is 0.482 e. The standard InChI is InChI=1S/C29H30O6/c1-16-23-26(33-15-18-11-12-19-8-4-5-9-20(19)14-18)29(32)13-7-6-10-21(29)28(16,3)25(30)22-24(35-23)17(2)34-27(22)31/h4-5,8-9,11-12,14,16,21,23,26,32H,2,6-7,10,13,15H2,1,3H3/t16-,21+,23+,26-,28-,29+/m1/s1. The number of rotatable bonds is 3. The molecule has 2 bridgehead atoms. The Labute approximate surface area is 204 Å². The van der Waals surface area contributed by atoms with E-state index in [0.717, 1.165) is 29.2 Å². The van der Waals surface area contributed by atoms with E-state index in [1.165, 1.54) is 0 Å². The van der Waals surface area contributed by atoms with Gasteiger partial charge in [0.05, 0.1) is 12.2 Å². The lowest BCUT2D eigenvalue weighted by molar-refractivity contribution is -0.263. The first-order chi connectivity index (χ1) is 16.7. The Morgan fingerprint density at radius 3 is 2.71 bits per heavy atom. The molecule has 0 amide bonds. The van der Waals surface area contributed by atoms with Gasteiger partial charge in [-0.1, -0.05) is 69.7 Å². The Balaban J connectivity index is 1.41. The highest BCUT2D eigenvalue weighted by Gasteiger charge is 2.69. The smallest absolute Gasteiger partial charge is 0.351 e. The van der Waals surface area contributed by atoms with Gasteiger partial charge in [-0.15, -0.1) is 0 Å². The molecule has 6 rings (SSSR count).